The number of fused-ring (bicyclic) bond motifs is 1. The maximum atomic E-state index is 12.7. The molecule has 0 spiro atoms. The van der Waals surface area contributed by atoms with Gasteiger partial charge < -0.3 is 14.5 Å². The average Bonchev–Trinajstić information content (AvgIpc) is 2.81. The van der Waals surface area contributed by atoms with E-state index in [0.717, 1.165) is 50.0 Å². The van der Waals surface area contributed by atoms with Crippen molar-refractivity contribution < 1.29 is 19.2 Å². The third-order valence-electron chi connectivity index (χ3n) is 6.14. The lowest BCUT2D eigenvalue weighted by atomic mass is 9.99. The van der Waals surface area contributed by atoms with E-state index in [4.69, 9.17) is 4.74 Å². The summed E-state index contributed by atoms with van der Waals surface area (Å²) in [6.45, 7) is 3.78. The minimum Gasteiger partial charge on any atom is -0.452 e. The first-order valence-electron chi connectivity index (χ1n) is 11.0. The van der Waals surface area contributed by atoms with Crippen LogP contribution in [0.1, 0.15) is 42.1 Å². The van der Waals surface area contributed by atoms with Gasteiger partial charge in [-0.2, -0.15) is 0 Å². The van der Waals surface area contributed by atoms with Crippen LogP contribution in [0, 0.1) is 16.0 Å². The van der Waals surface area contributed by atoms with Gasteiger partial charge in [0.25, 0.3) is 11.6 Å². The van der Waals surface area contributed by atoms with E-state index in [0.29, 0.717) is 18.2 Å². The first-order chi connectivity index (χ1) is 15.4. The lowest BCUT2D eigenvalue weighted by Gasteiger charge is -2.32. The van der Waals surface area contributed by atoms with Gasteiger partial charge in [-0.3, -0.25) is 14.9 Å². The number of para-hydroxylation sites is 1. The molecule has 168 valence electrons. The number of carbonyl (C=O) groups is 2. The summed E-state index contributed by atoms with van der Waals surface area (Å²) in [7, 11) is 0. The fourth-order valence-corrected chi connectivity index (χ4v) is 4.55. The van der Waals surface area contributed by atoms with Gasteiger partial charge in [0.1, 0.15) is 5.69 Å². The molecule has 1 atom stereocenters. The van der Waals surface area contributed by atoms with Crippen LogP contribution in [0.25, 0.3) is 0 Å². The molecule has 2 aliphatic heterocycles. The second-order valence-electron chi connectivity index (χ2n) is 8.51. The highest BCUT2D eigenvalue weighted by atomic mass is 16.6. The minimum atomic E-state index is -0.745. The summed E-state index contributed by atoms with van der Waals surface area (Å²) in [6, 6.07) is 12.1. The molecule has 0 radical (unpaired) electrons. The molecule has 4 rings (SSSR count). The number of benzene rings is 2. The first kappa shape index (κ1) is 21.8. The van der Waals surface area contributed by atoms with Gasteiger partial charge in [-0.25, -0.2) is 4.79 Å². The molecule has 2 heterocycles. The number of esters is 1. The summed E-state index contributed by atoms with van der Waals surface area (Å²) < 4.78 is 5.23. The standard InChI is InChI=1S/C24H27N3O5/c1-17-6-4-12-25(15-17)21-11-10-19(14-22(21)27(30)31)24(29)32-16-23(28)26-13-5-8-18-7-2-3-9-20(18)26/h2-3,7,9-11,14,17H,4-6,8,12-13,15-16H2,1H3. The SMILES string of the molecule is CC1CCCN(c2ccc(C(=O)OCC(=O)N3CCCc4ccccc43)cc2[N+](=O)[O-])C1. The molecule has 32 heavy (non-hydrogen) atoms. The molecular weight excluding hydrogens is 410 g/mol. The van der Waals surface area contributed by atoms with Crippen LogP contribution >= 0.6 is 0 Å². The van der Waals surface area contributed by atoms with Crippen molar-refractivity contribution in [1.29, 1.82) is 0 Å². The molecule has 0 bridgehead atoms. The normalized spacial score (nSPS) is 18.1. The van der Waals surface area contributed by atoms with E-state index < -0.39 is 17.5 Å². The third-order valence-corrected chi connectivity index (χ3v) is 6.14. The van der Waals surface area contributed by atoms with Crippen LogP contribution in [-0.2, 0) is 16.0 Å². The number of amides is 1. The highest BCUT2D eigenvalue weighted by molar-refractivity contribution is 5.98. The van der Waals surface area contributed by atoms with Gasteiger partial charge in [0, 0.05) is 31.4 Å². The Balaban J connectivity index is 1.45. The summed E-state index contributed by atoms with van der Waals surface area (Å²) in [5, 5.41) is 11.7. The van der Waals surface area contributed by atoms with E-state index in [2.05, 4.69) is 6.92 Å². The highest BCUT2D eigenvalue weighted by Crippen LogP contribution is 2.33. The van der Waals surface area contributed by atoms with Crippen LogP contribution < -0.4 is 9.80 Å². The summed E-state index contributed by atoms with van der Waals surface area (Å²) in [5.74, 6) is -0.594. The zero-order valence-corrected chi connectivity index (χ0v) is 18.2. The second-order valence-corrected chi connectivity index (χ2v) is 8.51. The van der Waals surface area contributed by atoms with Crippen LogP contribution in [0.5, 0.6) is 0 Å². The summed E-state index contributed by atoms with van der Waals surface area (Å²) in [6.07, 6.45) is 3.83. The zero-order valence-electron chi connectivity index (χ0n) is 18.2. The molecule has 1 fully saturated rings. The Kier molecular flexibility index (Phi) is 6.39. The molecule has 0 aliphatic carbocycles. The highest BCUT2D eigenvalue weighted by Gasteiger charge is 2.27. The van der Waals surface area contributed by atoms with Crippen molar-refractivity contribution in [2.45, 2.75) is 32.6 Å². The van der Waals surface area contributed by atoms with Crippen molar-refractivity contribution in [2.75, 3.05) is 36.0 Å². The molecule has 2 aliphatic rings. The Morgan fingerprint density at radius 3 is 2.72 bits per heavy atom. The van der Waals surface area contributed by atoms with Gasteiger partial charge in [0.05, 0.1) is 10.5 Å². The molecular formula is C24H27N3O5. The summed E-state index contributed by atoms with van der Waals surface area (Å²) in [5.41, 5.74) is 2.40. The quantitative estimate of drug-likeness (QED) is 0.399. The molecule has 8 nitrogen and oxygen atoms in total. The van der Waals surface area contributed by atoms with Gasteiger partial charge >= 0.3 is 5.97 Å². The van der Waals surface area contributed by atoms with Crippen molar-refractivity contribution in [3.05, 3.63) is 63.7 Å². The molecule has 1 amide bonds. The molecule has 1 unspecified atom stereocenters. The van der Waals surface area contributed by atoms with Gasteiger partial charge in [-0.1, -0.05) is 25.1 Å². The maximum absolute atomic E-state index is 12.7. The summed E-state index contributed by atoms with van der Waals surface area (Å²) >= 11 is 0. The number of hydrogen-bond donors (Lipinski definition) is 0. The van der Waals surface area contributed by atoms with Gasteiger partial charge in [-0.05, 0) is 55.4 Å². The first-order valence-corrected chi connectivity index (χ1v) is 11.0. The second kappa shape index (κ2) is 9.38. The lowest BCUT2D eigenvalue weighted by Crippen LogP contribution is -2.38. The van der Waals surface area contributed by atoms with Crippen LogP contribution in [0.2, 0.25) is 0 Å². The monoisotopic (exact) mass is 437 g/mol. The number of rotatable bonds is 5. The number of nitro groups is 1. The lowest BCUT2D eigenvalue weighted by molar-refractivity contribution is -0.384. The molecule has 2 aromatic carbocycles. The molecule has 8 heteroatoms. The molecule has 1 saturated heterocycles. The fourth-order valence-electron chi connectivity index (χ4n) is 4.55. The maximum Gasteiger partial charge on any atom is 0.338 e. The summed E-state index contributed by atoms with van der Waals surface area (Å²) in [4.78, 5) is 40.1. The number of aryl methyl sites for hydroxylation is 1. The Morgan fingerprint density at radius 1 is 1.12 bits per heavy atom. The van der Waals surface area contributed by atoms with Gasteiger partial charge in [0.2, 0.25) is 0 Å². The van der Waals surface area contributed by atoms with Crippen molar-refractivity contribution in [2.24, 2.45) is 5.92 Å². The molecule has 0 N–H and O–H groups in total. The van der Waals surface area contributed by atoms with Crippen LogP contribution in [0.4, 0.5) is 17.1 Å². The van der Waals surface area contributed by atoms with Gasteiger partial charge in [0.15, 0.2) is 6.61 Å². The molecule has 0 aromatic heterocycles. The largest absolute Gasteiger partial charge is 0.452 e. The van der Waals surface area contributed by atoms with Crippen LogP contribution in [-0.4, -0.2) is 43.0 Å². The fraction of sp³-hybridized carbons (Fsp3) is 0.417. The number of piperidine rings is 1. The van der Waals surface area contributed by atoms with E-state index in [1.165, 1.54) is 12.1 Å². The minimum absolute atomic E-state index is 0.0670. The van der Waals surface area contributed by atoms with Gasteiger partial charge in [-0.15, -0.1) is 0 Å². The zero-order chi connectivity index (χ0) is 22.7. The van der Waals surface area contributed by atoms with Crippen LogP contribution in [0.15, 0.2) is 42.5 Å². The average molecular weight is 437 g/mol. The Morgan fingerprint density at radius 2 is 1.94 bits per heavy atom. The number of hydrogen-bond acceptors (Lipinski definition) is 6. The van der Waals surface area contributed by atoms with Crippen molar-refractivity contribution in [3.8, 4) is 0 Å². The third kappa shape index (κ3) is 4.59. The topological polar surface area (TPSA) is 93.0 Å². The van der Waals surface area contributed by atoms with E-state index >= 15 is 0 Å². The van der Waals surface area contributed by atoms with Crippen molar-refractivity contribution in [3.63, 3.8) is 0 Å². The number of anilines is 2. The van der Waals surface area contributed by atoms with Crippen molar-refractivity contribution in [1.82, 2.24) is 0 Å². The van der Waals surface area contributed by atoms with Crippen LogP contribution in [0.3, 0.4) is 0 Å². The van der Waals surface area contributed by atoms with E-state index in [-0.39, 0.29) is 17.2 Å². The van der Waals surface area contributed by atoms with E-state index in [9.17, 15) is 19.7 Å². The molecule has 2 aromatic rings. The predicted molar refractivity (Wildman–Crippen MR) is 121 cm³/mol. The van der Waals surface area contributed by atoms with E-state index in [1.807, 2.05) is 29.2 Å². The Bertz CT molecular complexity index is 1040. The van der Waals surface area contributed by atoms with E-state index in [1.54, 1.807) is 11.0 Å². The smallest absolute Gasteiger partial charge is 0.338 e. The number of nitrogens with zero attached hydrogens (tertiary/aromatic N) is 3. The number of ether oxygens (including phenoxy) is 1. The Labute approximate surface area is 186 Å². The number of carbonyl (C=O) groups excluding carboxylic acids is 2. The Hall–Kier alpha value is -3.42. The predicted octanol–water partition coefficient (Wildman–Crippen LogP) is 3.97. The van der Waals surface area contributed by atoms with Crippen molar-refractivity contribution >= 4 is 28.9 Å². The number of nitro benzene ring substituents is 1. The molecule has 0 saturated carbocycles.